The van der Waals surface area contributed by atoms with Crippen molar-refractivity contribution in [2.24, 2.45) is 21.6 Å². The van der Waals surface area contributed by atoms with Crippen LogP contribution in [0.1, 0.15) is 62.3 Å². The van der Waals surface area contributed by atoms with Gasteiger partial charge in [-0.3, -0.25) is 18.7 Å². The molecule has 0 radical (unpaired) electrons. The number of nitrogens with two attached hydrogens (primary N) is 1. The fourth-order valence-corrected chi connectivity index (χ4v) is 3.34. The topological polar surface area (TPSA) is 157 Å². The SMILES string of the molecule is CC(C)C(N=C(NS(=O)[O-])C(N)=Nc1cccc(C(=O)N(C)C)c1O)c1cc(C(C)(C)C)co1. The number of benzene rings is 1. The lowest BCUT2D eigenvalue weighted by molar-refractivity contribution is 0.0824. The van der Waals surface area contributed by atoms with E-state index in [2.05, 4.69) is 35.5 Å². The number of para-hydroxylation sites is 1. The zero-order valence-corrected chi connectivity index (χ0v) is 21.3. The Labute approximate surface area is 202 Å². The molecule has 0 aliphatic heterocycles. The van der Waals surface area contributed by atoms with Gasteiger partial charge in [-0.15, -0.1) is 0 Å². The van der Waals surface area contributed by atoms with E-state index in [0.717, 1.165) is 5.56 Å². The van der Waals surface area contributed by atoms with E-state index in [4.69, 9.17) is 10.2 Å². The average Bonchev–Trinajstić information content (AvgIpc) is 3.21. The van der Waals surface area contributed by atoms with E-state index in [9.17, 15) is 18.7 Å². The average molecular weight is 491 g/mol. The van der Waals surface area contributed by atoms with E-state index < -0.39 is 23.2 Å². The Hall–Kier alpha value is -3.18. The van der Waals surface area contributed by atoms with Crippen LogP contribution in [0.3, 0.4) is 0 Å². The molecule has 0 aliphatic carbocycles. The van der Waals surface area contributed by atoms with Gasteiger partial charge in [0.25, 0.3) is 5.91 Å². The van der Waals surface area contributed by atoms with Crippen LogP contribution in [0.2, 0.25) is 0 Å². The van der Waals surface area contributed by atoms with Gasteiger partial charge in [-0.05, 0) is 35.1 Å². The number of aliphatic imine (C=N–C) groups is 2. The summed E-state index contributed by atoms with van der Waals surface area (Å²) in [4.78, 5) is 22.2. The van der Waals surface area contributed by atoms with Gasteiger partial charge in [0.05, 0.1) is 11.8 Å². The van der Waals surface area contributed by atoms with Crippen LogP contribution < -0.4 is 10.5 Å². The Kier molecular flexibility index (Phi) is 8.62. The number of phenols is 1. The quantitative estimate of drug-likeness (QED) is 0.321. The summed E-state index contributed by atoms with van der Waals surface area (Å²) < 4.78 is 30.8. The Bertz CT molecular complexity index is 1120. The minimum absolute atomic E-state index is 0.00880. The summed E-state index contributed by atoms with van der Waals surface area (Å²) >= 11 is -2.74. The molecule has 2 rings (SSSR count). The number of phenolic OH excluding ortho intramolecular Hbond substituents is 1. The van der Waals surface area contributed by atoms with Crippen molar-refractivity contribution in [3.05, 3.63) is 47.4 Å². The molecule has 0 saturated carbocycles. The van der Waals surface area contributed by atoms with Crippen molar-refractivity contribution < 1.29 is 23.1 Å². The number of amidine groups is 2. The third-order valence-electron chi connectivity index (χ3n) is 4.99. The van der Waals surface area contributed by atoms with Crippen molar-refractivity contribution in [3.63, 3.8) is 0 Å². The molecule has 34 heavy (non-hydrogen) atoms. The molecule has 1 heterocycles. The molecule has 2 aromatic rings. The second kappa shape index (κ2) is 10.8. The number of aromatic hydroxyl groups is 1. The maximum Gasteiger partial charge on any atom is 0.257 e. The Morgan fingerprint density at radius 1 is 1.29 bits per heavy atom. The van der Waals surface area contributed by atoms with Crippen LogP contribution >= 0.6 is 0 Å². The van der Waals surface area contributed by atoms with Crippen LogP contribution in [-0.2, 0) is 16.7 Å². The Morgan fingerprint density at radius 2 is 1.94 bits per heavy atom. The Morgan fingerprint density at radius 3 is 2.44 bits per heavy atom. The predicted octanol–water partition coefficient (Wildman–Crippen LogP) is 3.15. The molecule has 0 saturated heterocycles. The standard InChI is InChI=1S/C23H33N5O5S/c1-13(2)18(17-11-14(12-33-17)23(3,4)5)26-21(27-34(31)32)20(24)25-16-10-8-9-15(19(16)29)22(30)28(6)7/h8-13,18,29H,1-7H3,(H2,24,25)(H,26,27)(H,31,32)/p-1. The summed E-state index contributed by atoms with van der Waals surface area (Å²) in [7, 11) is 3.10. The van der Waals surface area contributed by atoms with E-state index in [1.165, 1.54) is 23.1 Å². The molecule has 1 amide bonds. The fraction of sp³-hybridized carbons (Fsp3) is 0.435. The molecule has 2 unspecified atom stereocenters. The molecular formula is C23H32N5O5S-. The zero-order chi connectivity index (χ0) is 25.8. The first-order valence-corrected chi connectivity index (χ1v) is 11.7. The maximum absolute atomic E-state index is 12.3. The van der Waals surface area contributed by atoms with Crippen molar-refractivity contribution in [3.8, 4) is 5.75 Å². The molecule has 0 fully saturated rings. The molecule has 1 aromatic heterocycles. The number of hydrogen-bond acceptors (Lipinski definition) is 7. The van der Waals surface area contributed by atoms with Crippen LogP contribution in [0.25, 0.3) is 0 Å². The van der Waals surface area contributed by atoms with Gasteiger partial charge in [-0.1, -0.05) is 40.7 Å². The van der Waals surface area contributed by atoms with E-state index in [1.807, 2.05) is 19.9 Å². The van der Waals surface area contributed by atoms with Gasteiger partial charge >= 0.3 is 0 Å². The van der Waals surface area contributed by atoms with Crippen molar-refractivity contribution in [1.82, 2.24) is 9.62 Å². The minimum atomic E-state index is -2.74. The monoisotopic (exact) mass is 490 g/mol. The van der Waals surface area contributed by atoms with E-state index in [1.54, 1.807) is 20.4 Å². The van der Waals surface area contributed by atoms with Gasteiger partial charge in [0.1, 0.15) is 17.5 Å². The summed E-state index contributed by atoms with van der Waals surface area (Å²) in [6.45, 7) is 9.98. The maximum atomic E-state index is 12.3. The first-order valence-electron chi connectivity index (χ1n) is 10.6. The summed E-state index contributed by atoms with van der Waals surface area (Å²) in [5, 5.41) is 10.5. The number of hydrogen-bond donors (Lipinski definition) is 3. The van der Waals surface area contributed by atoms with E-state index in [-0.39, 0.29) is 40.0 Å². The Balaban J connectivity index is 2.55. The fourth-order valence-electron chi connectivity index (χ4n) is 3.02. The lowest BCUT2D eigenvalue weighted by atomic mass is 9.88. The van der Waals surface area contributed by atoms with Crippen LogP contribution in [0.5, 0.6) is 5.75 Å². The van der Waals surface area contributed by atoms with Crippen LogP contribution in [-0.4, -0.2) is 50.4 Å². The largest absolute Gasteiger partial charge is 0.755 e. The third-order valence-corrected chi connectivity index (χ3v) is 5.35. The van der Waals surface area contributed by atoms with Gasteiger partial charge in [-0.25, -0.2) is 4.99 Å². The van der Waals surface area contributed by atoms with E-state index >= 15 is 0 Å². The van der Waals surface area contributed by atoms with Gasteiger partial charge in [0.2, 0.25) is 0 Å². The van der Waals surface area contributed by atoms with E-state index in [0.29, 0.717) is 5.76 Å². The second-order valence-electron chi connectivity index (χ2n) is 9.36. The summed E-state index contributed by atoms with van der Waals surface area (Å²) in [6, 6.07) is 5.75. The summed E-state index contributed by atoms with van der Waals surface area (Å²) in [6.07, 6.45) is 1.65. The molecule has 0 bridgehead atoms. The number of furan rings is 1. The highest BCUT2D eigenvalue weighted by molar-refractivity contribution is 7.77. The molecule has 4 N–H and O–H groups in total. The number of amides is 1. The van der Waals surface area contributed by atoms with Crippen LogP contribution in [0.15, 0.2) is 44.9 Å². The molecular weight excluding hydrogens is 458 g/mol. The normalized spacial score (nSPS) is 14.7. The molecule has 0 aliphatic rings. The summed E-state index contributed by atoms with van der Waals surface area (Å²) in [5.41, 5.74) is 6.95. The second-order valence-corrected chi connectivity index (χ2v) is 10.0. The lowest BCUT2D eigenvalue weighted by Gasteiger charge is -2.19. The smallest absolute Gasteiger partial charge is 0.257 e. The number of nitrogens with zero attached hydrogens (tertiary/aromatic N) is 3. The van der Waals surface area contributed by atoms with Crippen molar-refractivity contribution in [2.75, 3.05) is 14.1 Å². The minimum Gasteiger partial charge on any atom is -0.755 e. The summed E-state index contributed by atoms with van der Waals surface area (Å²) in [5.74, 6) is -0.837. The molecule has 1 aromatic carbocycles. The number of carbonyl (C=O) groups excluding carboxylic acids is 1. The van der Waals surface area contributed by atoms with Crippen molar-refractivity contribution in [1.29, 1.82) is 0 Å². The lowest BCUT2D eigenvalue weighted by Crippen LogP contribution is -2.38. The number of nitrogens with one attached hydrogen (secondary N) is 1. The molecule has 10 nitrogen and oxygen atoms in total. The van der Waals surface area contributed by atoms with Crippen molar-refractivity contribution in [2.45, 2.75) is 46.1 Å². The highest BCUT2D eigenvalue weighted by Crippen LogP contribution is 2.33. The van der Waals surface area contributed by atoms with Gasteiger partial charge in [0.15, 0.2) is 17.4 Å². The van der Waals surface area contributed by atoms with Crippen LogP contribution in [0.4, 0.5) is 5.69 Å². The highest BCUT2D eigenvalue weighted by Gasteiger charge is 2.24. The molecule has 0 spiro atoms. The van der Waals surface area contributed by atoms with Gasteiger partial charge < -0.3 is 24.7 Å². The predicted molar refractivity (Wildman–Crippen MR) is 132 cm³/mol. The third kappa shape index (κ3) is 6.67. The van der Waals surface area contributed by atoms with Crippen molar-refractivity contribution >= 4 is 34.5 Å². The van der Waals surface area contributed by atoms with Gasteiger partial charge in [0, 0.05) is 25.4 Å². The first kappa shape index (κ1) is 27.1. The number of carbonyl (C=O) groups is 1. The molecule has 11 heteroatoms. The zero-order valence-electron chi connectivity index (χ0n) is 20.4. The first-order chi connectivity index (χ1) is 15.7. The number of rotatable bonds is 6. The molecule has 186 valence electrons. The molecule has 2 atom stereocenters. The van der Waals surface area contributed by atoms with Gasteiger partial charge in [-0.2, -0.15) is 0 Å². The highest BCUT2D eigenvalue weighted by atomic mass is 32.2. The van der Waals surface area contributed by atoms with Crippen LogP contribution in [0, 0.1) is 5.92 Å².